The Morgan fingerprint density at radius 1 is 1.25 bits per heavy atom. The fraction of sp³-hybridized carbons (Fsp3) is 0.455. The summed E-state index contributed by atoms with van der Waals surface area (Å²) < 4.78 is 0. The van der Waals surface area contributed by atoms with Gasteiger partial charge in [0.15, 0.2) is 0 Å². The molecule has 2 N–H and O–H groups in total. The number of nitrogens with two attached hydrogens (primary N) is 1. The Kier molecular flexibility index (Phi) is 3.10. The van der Waals surface area contributed by atoms with E-state index in [1.165, 1.54) is 0 Å². The number of aromatic nitrogens is 2. The van der Waals surface area contributed by atoms with Crippen molar-refractivity contribution < 1.29 is 0 Å². The molecular weight excluding hydrogens is 238 g/mol. The molecule has 1 atom stereocenters. The van der Waals surface area contributed by atoms with Gasteiger partial charge in [0.05, 0.1) is 10.5 Å². The predicted octanol–water partition coefficient (Wildman–Crippen LogP) is 3.16. The van der Waals surface area contributed by atoms with Crippen LogP contribution in [0.15, 0.2) is 10.8 Å². The highest BCUT2D eigenvalue weighted by Crippen LogP contribution is 2.29. The summed E-state index contributed by atoms with van der Waals surface area (Å²) in [6.07, 6.45) is 0.885. The van der Waals surface area contributed by atoms with Crippen LogP contribution in [0.25, 0.3) is 11.4 Å². The SMILES string of the molecule is CCC(C)(N)c1nc(-c2csc(C)n2)cs1. The Morgan fingerprint density at radius 3 is 2.44 bits per heavy atom. The van der Waals surface area contributed by atoms with Crippen LogP contribution in [0.2, 0.25) is 0 Å². The van der Waals surface area contributed by atoms with E-state index in [1.807, 2.05) is 24.6 Å². The highest BCUT2D eigenvalue weighted by atomic mass is 32.1. The second-order valence-electron chi connectivity index (χ2n) is 4.06. The van der Waals surface area contributed by atoms with Crippen molar-refractivity contribution in [2.45, 2.75) is 32.7 Å². The first-order chi connectivity index (χ1) is 7.53. The minimum Gasteiger partial charge on any atom is -0.320 e. The van der Waals surface area contributed by atoms with Crippen LogP contribution in [-0.2, 0) is 5.54 Å². The van der Waals surface area contributed by atoms with Crippen LogP contribution in [-0.4, -0.2) is 9.97 Å². The van der Waals surface area contributed by atoms with Gasteiger partial charge in [-0.2, -0.15) is 0 Å². The van der Waals surface area contributed by atoms with E-state index < -0.39 is 0 Å². The second-order valence-corrected chi connectivity index (χ2v) is 5.98. The molecule has 0 saturated heterocycles. The van der Waals surface area contributed by atoms with Crippen molar-refractivity contribution in [3.8, 4) is 11.4 Å². The molecule has 0 radical (unpaired) electrons. The third-order valence-corrected chi connectivity index (χ3v) is 4.50. The van der Waals surface area contributed by atoms with E-state index in [-0.39, 0.29) is 5.54 Å². The molecule has 16 heavy (non-hydrogen) atoms. The quantitative estimate of drug-likeness (QED) is 0.914. The third-order valence-electron chi connectivity index (χ3n) is 2.61. The van der Waals surface area contributed by atoms with Gasteiger partial charge in [-0.25, -0.2) is 9.97 Å². The van der Waals surface area contributed by atoms with E-state index in [1.54, 1.807) is 22.7 Å². The lowest BCUT2D eigenvalue weighted by atomic mass is 10.0. The van der Waals surface area contributed by atoms with Crippen molar-refractivity contribution in [3.05, 3.63) is 20.8 Å². The Morgan fingerprint density at radius 2 is 1.88 bits per heavy atom. The molecule has 2 heterocycles. The monoisotopic (exact) mass is 253 g/mol. The highest BCUT2D eigenvalue weighted by Gasteiger charge is 2.23. The lowest BCUT2D eigenvalue weighted by molar-refractivity contribution is 0.474. The van der Waals surface area contributed by atoms with E-state index in [4.69, 9.17) is 5.73 Å². The van der Waals surface area contributed by atoms with Crippen LogP contribution >= 0.6 is 22.7 Å². The van der Waals surface area contributed by atoms with Gasteiger partial charge in [0.1, 0.15) is 16.4 Å². The molecule has 0 fully saturated rings. The zero-order valence-corrected chi connectivity index (χ0v) is 11.3. The Hall–Kier alpha value is -0.780. The van der Waals surface area contributed by atoms with Crippen LogP contribution < -0.4 is 5.73 Å². The Labute approximate surface area is 103 Å². The van der Waals surface area contributed by atoms with Crippen LogP contribution in [0.5, 0.6) is 0 Å². The molecule has 0 aromatic carbocycles. The normalized spacial score (nSPS) is 15.0. The molecule has 2 aromatic heterocycles. The minimum absolute atomic E-state index is 0.325. The average molecular weight is 253 g/mol. The van der Waals surface area contributed by atoms with Crippen molar-refractivity contribution in [2.24, 2.45) is 5.73 Å². The standard InChI is InChI=1S/C11H15N3S2/c1-4-11(3,12)10-14-9(6-16-10)8-5-15-7(2)13-8/h5-6H,4,12H2,1-3H3. The van der Waals surface area contributed by atoms with E-state index >= 15 is 0 Å². The molecule has 0 aliphatic heterocycles. The Bertz CT molecular complexity index is 485. The van der Waals surface area contributed by atoms with E-state index in [2.05, 4.69) is 16.9 Å². The maximum atomic E-state index is 6.16. The molecule has 2 rings (SSSR count). The summed E-state index contributed by atoms with van der Waals surface area (Å²) in [6.45, 7) is 6.09. The summed E-state index contributed by atoms with van der Waals surface area (Å²) >= 11 is 3.26. The summed E-state index contributed by atoms with van der Waals surface area (Å²) in [5.41, 5.74) is 7.73. The highest BCUT2D eigenvalue weighted by molar-refractivity contribution is 7.10. The molecule has 0 aliphatic rings. The van der Waals surface area contributed by atoms with Crippen LogP contribution in [0, 0.1) is 6.92 Å². The molecule has 1 unspecified atom stereocenters. The van der Waals surface area contributed by atoms with E-state index in [0.29, 0.717) is 0 Å². The van der Waals surface area contributed by atoms with Crippen molar-refractivity contribution in [3.63, 3.8) is 0 Å². The van der Waals surface area contributed by atoms with Gasteiger partial charge in [0.25, 0.3) is 0 Å². The van der Waals surface area contributed by atoms with Gasteiger partial charge < -0.3 is 5.73 Å². The van der Waals surface area contributed by atoms with E-state index in [9.17, 15) is 0 Å². The molecule has 3 nitrogen and oxygen atoms in total. The lowest BCUT2D eigenvalue weighted by Crippen LogP contribution is -2.31. The van der Waals surface area contributed by atoms with Crippen molar-refractivity contribution in [2.75, 3.05) is 0 Å². The molecule has 5 heteroatoms. The molecule has 86 valence electrons. The zero-order chi connectivity index (χ0) is 11.8. The maximum Gasteiger partial charge on any atom is 0.113 e. The molecule has 0 saturated carbocycles. The van der Waals surface area contributed by atoms with Gasteiger partial charge >= 0.3 is 0 Å². The van der Waals surface area contributed by atoms with Crippen LogP contribution in [0.1, 0.15) is 30.3 Å². The number of nitrogens with zero attached hydrogens (tertiary/aromatic N) is 2. The molecule has 0 amide bonds. The van der Waals surface area contributed by atoms with Crippen molar-refractivity contribution in [1.29, 1.82) is 0 Å². The van der Waals surface area contributed by atoms with Crippen molar-refractivity contribution >= 4 is 22.7 Å². The summed E-state index contributed by atoms with van der Waals surface area (Å²) in [4.78, 5) is 9.00. The molecule has 0 bridgehead atoms. The fourth-order valence-corrected chi connectivity index (χ4v) is 2.85. The number of rotatable bonds is 3. The number of thiazole rings is 2. The molecule has 2 aromatic rings. The van der Waals surface area contributed by atoms with Crippen molar-refractivity contribution in [1.82, 2.24) is 9.97 Å². The van der Waals surface area contributed by atoms with Gasteiger partial charge in [0.2, 0.25) is 0 Å². The smallest absolute Gasteiger partial charge is 0.113 e. The lowest BCUT2D eigenvalue weighted by Gasteiger charge is -2.18. The summed E-state index contributed by atoms with van der Waals surface area (Å²) in [5, 5.41) is 6.12. The molecule has 0 spiro atoms. The largest absolute Gasteiger partial charge is 0.320 e. The zero-order valence-electron chi connectivity index (χ0n) is 9.65. The van der Waals surface area contributed by atoms with Gasteiger partial charge in [-0.1, -0.05) is 6.92 Å². The number of hydrogen-bond acceptors (Lipinski definition) is 5. The minimum atomic E-state index is -0.325. The summed E-state index contributed by atoms with van der Waals surface area (Å²) in [5.74, 6) is 0. The van der Waals surface area contributed by atoms with Crippen LogP contribution in [0.4, 0.5) is 0 Å². The van der Waals surface area contributed by atoms with Crippen LogP contribution in [0.3, 0.4) is 0 Å². The average Bonchev–Trinajstić information content (AvgIpc) is 2.85. The van der Waals surface area contributed by atoms with Gasteiger partial charge in [-0.3, -0.25) is 0 Å². The van der Waals surface area contributed by atoms with Gasteiger partial charge in [0, 0.05) is 10.8 Å². The molecule has 0 aliphatic carbocycles. The molecular formula is C11H15N3S2. The topological polar surface area (TPSA) is 51.8 Å². The van der Waals surface area contributed by atoms with Gasteiger partial charge in [-0.05, 0) is 20.3 Å². The summed E-state index contributed by atoms with van der Waals surface area (Å²) in [6, 6.07) is 0. The van der Waals surface area contributed by atoms with E-state index in [0.717, 1.165) is 27.8 Å². The number of hydrogen-bond donors (Lipinski definition) is 1. The fourth-order valence-electron chi connectivity index (χ4n) is 1.29. The Balaban J connectivity index is 2.33. The summed E-state index contributed by atoms with van der Waals surface area (Å²) in [7, 11) is 0. The third kappa shape index (κ3) is 2.16. The number of aryl methyl sites for hydroxylation is 1. The second kappa shape index (κ2) is 4.24. The first-order valence-corrected chi connectivity index (χ1v) is 6.96. The first kappa shape index (κ1) is 11.7. The predicted molar refractivity (Wildman–Crippen MR) is 69.8 cm³/mol. The first-order valence-electron chi connectivity index (χ1n) is 5.20. The van der Waals surface area contributed by atoms with Gasteiger partial charge in [-0.15, -0.1) is 22.7 Å². The maximum absolute atomic E-state index is 6.16.